The Bertz CT molecular complexity index is 236. The quantitative estimate of drug-likeness (QED) is 0.153. The van der Waals surface area contributed by atoms with E-state index in [9.17, 15) is 4.57 Å². The van der Waals surface area contributed by atoms with E-state index in [2.05, 4.69) is 4.76 Å². The molecule has 0 unspecified atom stereocenters. The molecule has 0 fully saturated rings. The maximum atomic E-state index is 10.3. The van der Waals surface area contributed by atoms with E-state index in [-0.39, 0.29) is 6.54 Å². The number of nitrogens with zero attached hydrogens (tertiary/aromatic N) is 2. The van der Waals surface area contributed by atoms with Crippen LogP contribution in [0.25, 0.3) is 0 Å². The molecular formula is C4H12N3O5P. The zero-order valence-electron chi connectivity index (χ0n) is 6.90. The van der Waals surface area contributed by atoms with Gasteiger partial charge in [0.15, 0.2) is 6.29 Å². The maximum absolute atomic E-state index is 10.3. The maximum Gasteiger partial charge on any atom is 0.451 e. The Morgan fingerprint density at radius 1 is 1.62 bits per heavy atom. The van der Waals surface area contributed by atoms with Gasteiger partial charge in [0.2, 0.25) is 5.96 Å². The molecule has 9 heteroatoms. The Kier molecular flexibility index (Phi) is 4.31. The Morgan fingerprint density at radius 2 is 2.08 bits per heavy atom. The molecule has 0 saturated heterocycles. The van der Waals surface area contributed by atoms with E-state index in [1.807, 2.05) is 0 Å². The van der Waals surface area contributed by atoms with Crippen LogP contribution in [0.1, 0.15) is 0 Å². The molecule has 0 rings (SSSR count). The molecule has 6 N–H and O–H groups in total. The first-order valence-electron chi connectivity index (χ1n) is 3.21. The van der Waals surface area contributed by atoms with Crippen LogP contribution in [0.4, 0.5) is 0 Å². The van der Waals surface area contributed by atoms with E-state index >= 15 is 0 Å². The monoisotopic (exact) mass is 213 g/mol. The molecular weight excluding hydrogens is 201 g/mol. The number of guanidine groups is 1. The Hall–Kier alpha value is -0.660. The van der Waals surface area contributed by atoms with Gasteiger partial charge in [-0.25, -0.2) is 4.57 Å². The molecule has 0 heterocycles. The minimum Gasteiger partial charge on any atom is -0.369 e. The molecule has 0 radical (unpaired) electrons. The van der Waals surface area contributed by atoms with Crippen molar-refractivity contribution in [2.75, 3.05) is 13.6 Å². The average molecular weight is 213 g/mol. The smallest absolute Gasteiger partial charge is 0.369 e. The summed E-state index contributed by atoms with van der Waals surface area (Å²) in [5, 5.41) is 17.0. The van der Waals surface area contributed by atoms with E-state index in [4.69, 9.17) is 25.7 Å². The van der Waals surface area contributed by atoms with Gasteiger partial charge in [0, 0.05) is 7.05 Å². The van der Waals surface area contributed by atoms with Crippen LogP contribution in [0.2, 0.25) is 0 Å². The summed E-state index contributed by atoms with van der Waals surface area (Å²) in [6.07, 6.45) is -1.64. The molecule has 0 saturated carbocycles. The number of rotatable bonds is 3. The zero-order valence-corrected chi connectivity index (χ0v) is 7.79. The molecule has 8 nitrogen and oxygen atoms in total. The lowest BCUT2D eigenvalue weighted by Gasteiger charge is -2.18. The summed E-state index contributed by atoms with van der Waals surface area (Å²) in [4.78, 5) is 17.7. The van der Waals surface area contributed by atoms with Crippen LogP contribution in [-0.4, -0.2) is 50.7 Å². The number of hydrogen-bond acceptors (Lipinski definition) is 3. The van der Waals surface area contributed by atoms with Crippen molar-refractivity contribution in [2.45, 2.75) is 6.29 Å². The number of likely N-dealkylation sites (N-methyl/N-ethyl adjacent to an activating group) is 1. The van der Waals surface area contributed by atoms with E-state index in [0.29, 0.717) is 0 Å². The van der Waals surface area contributed by atoms with Gasteiger partial charge < -0.3 is 30.6 Å². The number of nitrogens with two attached hydrogens (primary N) is 1. The highest BCUT2D eigenvalue weighted by atomic mass is 31.2. The van der Waals surface area contributed by atoms with Crippen LogP contribution >= 0.6 is 7.75 Å². The third-order valence-electron chi connectivity index (χ3n) is 1.06. The molecule has 0 aromatic heterocycles. The highest BCUT2D eigenvalue weighted by molar-refractivity contribution is 7.50. The molecule has 78 valence electrons. The third kappa shape index (κ3) is 6.50. The van der Waals surface area contributed by atoms with E-state index in [0.717, 1.165) is 4.90 Å². The van der Waals surface area contributed by atoms with Crippen molar-refractivity contribution in [2.24, 2.45) is 10.5 Å². The van der Waals surface area contributed by atoms with Gasteiger partial charge in [-0.2, -0.15) is 0 Å². The topological polar surface area (TPSA) is 140 Å². The summed E-state index contributed by atoms with van der Waals surface area (Å²) >= 11 is 0. The van der Waals surface area contributed by atoms with Crippen molar-refractivity contribution in [3.05, 3.63) is 0 Å². The van der Waals surface area contributed by atoms with Crippen LogP contribution in [0.3, 0.4) is 0 Å². The van der Waals surface area contributed by atoms with Gasteiger partial charge in [0.25, 0.3) is 0 Å². The largest absolute Gasteiger partial charge is 0.451 e. The number of aliphatic hydroxyl groups excluding tert-OH is 1. The standard InChI is InChI=1S/C4H12N3O5P/c1-7(2-3(8)9)4(5)6-13(10,11)12/h3,8-9H,2H2,1H3,(H4,5,6,10,11,12). The van der Waals surface area contributed by atoms with Crippen molar-refractivity contribution in [1.29, 1.82) is 0 Å². The highest BCUT2D eigenvalue weighted by Gasteiger charge is 2.14. The fourth-order valence-corrected chi connectivity index (χ4v) is 0.968. The molecule has 0 atom stereocenters. The highest BCUT2D eigenvalue weighted by Crippen LogP contribution is 2.35. The molecule has 0 aromatic carbocycles. The zero-order chi connectivity index (χ0) is 10.6. The lowest BCUT2D eigenvalue weighted by molar-refractivity contribution is -0.0486. The van der Waals surface area contributed by atoms with Gasteiger partial charge in [-0.05, 0) is 0 Å². The first-order chi connectivity index (χ1) is 5.72. The Balaban J connectivity index is 4.34. The molecule has 0 aliphatic heterocycles. The summed E-state index contributed by atoms with van der Waals surface area (Å²) in [5.74, 6) is -0.457. The summed E-state index contributed by atoms with van der Waals surface area (Å²) in [6.45, 7) is -0.282. The summed E-state index contributed by atoms with van der Waals surface area (Å²) in [7, 11) is -3.25. The van der Waals surface area contributed by atoms with Crippen molar-refractivity contribution < 1.29 is 24.6 Å². The van der Waals surface area contributed by atoms with Gasteiger partial charge in [0.1, 0.15) is 0 Å². The van der Waals surface area contributed by atoms with Crippen LogP contribution in [-0.2, 0) is 4.57 Å². The third-order valence-corrected chi connectivity index (χ3v) is 1.53. The SMILES string of the molecule is CN(CC(O)O)C(N)=NP(=O)(O)O. The molecule has 0 aliphatic rings. The second-order valence-corrected chi connectivity index (χ2v) is 3.56. The lowest BCUT2D eigenvalue weighted by atomic mass is 10.5. The van der Waals surface area contributed by atoms with Crippen LogP contribution in [0.5, 0.6) is 0 Å². The molecule has 13 heavy (non-hydrogen) atoms. The second kappa shape index (κ2) is 4.54. The van der Waals surface area contributed by atoms with Gasteiger partial charge in [-0.3, -0.25) is 0 Å². The van der Waals surface area contributed by atoms with E-state index in [1.165, 1.54) is 7.05 Å². The van der Waals surface area contributed by atoms with Crippen molar-refractivity contribution in [3.8, 4) is 0 Å². The fourth-order valence-electron chi connectivity index (χ4n) is 0.548. The summed E-state index contributed by atoms with van der Waals surface area (Å²) in [6, 6.07) is 0. The molecule has 0 amide bonds. The van der Waals surface area contributed by atoms with Crippen LogP contribution in [0.15, 0.2) is 4.76 Å². The van der Waals surface area contributed by atoms with E-state index in [1.54, 1.807) is 0 Å². The minimum absolute atomic E-state index is 0.282. The predicted molar refractivity (Wildman–Crippen MR) is 44.5 cm³/mol. The number of aliphatic hydroxyl groups is 2. The van der Waals surface area contributed by atoms with Gasteiger partial charge >= 0.3 is 7.75 Å². The van der Waals surface area contributed by atoms with Gasteiger partial charge in [-0.15, -0.1) is 4.76 Å². The Morgan fingerprint density at radius 3 is 2.38 bits per heavy atom. The van der Waals surface area contributed by atoms with E-state index < -0.39 is 20.0 Å². The molecule has 0 aromatic rings. The Labute approximate surface area is 74.5 Å². The van der Waals surface area contributed by atoms with Gasteiger partial charge in [0.05, 0.1) is 6.54 Å². The predicted octanol–water partition coefficient (Wildman–Crippen LogP) is -2.36. The first-order valence-corrected chi connectivity index (χ1v) is 4.77. The lowest BCUT2D eigenvalue weighted by Crippen LogP contribution is -2.39. The number of hydrogen-bond donors (Lipinski definition) is 5. The summed E-state index contributed by atoms with van der Waals surface area (Å²) < 4.78 is 13.1. The second-order valence-electron chi connectivity index (χ2n) is 2.33. The molecule has 0 spiro atoms. The van der Waals surface area contributed by atoms with Crippen molar-refractivity contribution >= 4 is 13.7 Å². The van der Waals surface area contributed by atoms with Crippen molar-refractivity contribution in [3.63, 3.8) is 0 Å². The van der Waals surface area contributed by atoms with Crippen molar-refractivity contribution in [1.82, 2.24) is 4.90 Å². The average Bonchev–Trinajstić information content (AvgIpc) is 1.81. The molecule has 0 aliphatic carbocycles. The minimum atomic E-state index is -4.56. The van der Waals surface area contributed by atoms with Crippen LogP contribution in [0, 0.1) is 0 Å². The molecule has 0 bridgehead atoms. The fraction of sp³-hybridized carbons (Fsp3) is 0.750. The van der Waals surface area contributed by atoms with Crippen LogP contribution < -0.4 is 5.73 Å². The normalized spacial score (nSPS) is 13.5. The summed E-state index contributed by atoms with van der Waals surface area (Å²) in [5.41, 5.74) is 5.11. The van der Waals surface area contributed by atoms with Gasteiger partial charge in [-0.1, -0.05) is 0 Å². The first kappa shape index (κ1) is 12.3.